The molecule has 0 atom stereocenters. The maximum atomic E-state index is 12.9. The van der Waals surface area contributed by atoms with E-state index < -0.39 is 5.63 Å². The zero-order chi connectivity index (χ0) is 23.8. The van der Waals surface area contributed by atoms with Gasteiger partial charge >= 0.3 is 5.63 Å². The second kappa shape index (κ2) is 8.46. The second-order valence-corrected chi connectivity index (χ2v) is 8.15. The van der Waals surface area contributed by atoms with Crippen LogP contribution >= 0.6 is 0 Å². The molecule has 7 heteroatoms. The van der Waals surface area contributed by atoms with Gasteiger partial charge in [0.15, 0.2) is 11.3 Å². The number of nitrogens with zero attached hydrogens (tertiary/aromatic N) is 5. The molecule has 6 rings (SSSR count). The number of aryl methyl sites for hydroxylation is 1. The number of rotatable bonds is 4. The maximum absolute atomic E-state index is 12.9. The summed E-state index contributed by atoms with van der Waals surface area (Å²) in [5.41, 5.74) is 5.39. The SMILES string of the molecule is Cc1ccc(N=Nc2c(-c3ccccc3)nn3c(-c4cc5ccccc5oc4=O)ccnc23)cc1. The van der Waals surface area contributed by atoms with E-state index in [1.54, 1.807) is 22.8 Å². The molecule has 0 aliphatic heterocycles. The fourth-order valence-corrected chi connectivity index (χ4v) is 3.98. The highest BCUT2D eigenvalue weighted by molar-refractivity contribution is 5.85. The van der Waals surface area contributed by atoms with Crippen molar-refractivity contribution in [2.45, 2.75) is 6.92 Å². The summed E-state index contributed by atoms with van der Waals surface area (Å²) < 4.78 is 7.21. The fourth-order valence-electron chi connectivity index (χ4n) is 3.98. The number of aromatic nitrogens is 3. The summed E-state index contributed by atoms with van der Waals surface area (Å²) in [6.45, 7) is 2.02. The van der Waals surface area contributed by atoms with Gasteiger partial charge in [-0.3, -0.25) is 0 Å². The lowest BCUT2D eigenvalue weighted by Gasteiger charge is -2.04. The van der Waals surface area contributed by atoms with Crippen molar-refractivity contribution in [2.75, 3.05) is 0 Å². The average Bonchev–Trinajstić information content (AvgIpc) is 3.27. The van der Waals surface area contributed by atoms with E-state index in [2.05, 4.69) is 15.2 Å². The van der Waals surface area contributed by atoms with Gasteiger partial charge in [0.25, 0.3) is 0 Å². The predicted octanol–water partition coefficient (Wildman–Crippen LogP) is 6.89. The number of para-hydroxylation sites is 1. The largest absolute Gasteiger partial charge is 0.422 e. The van der Waals surface area contributed by atoms with E-state index in [-0.39, 0.29) is 0 Å². The molecule has 0 saturated carbocycles. The molecule has 0 fully saturated rings. The number of benzene rings is 3. The summed E-state index contributed by atoms with van der Waals surface area (Å²) in [5, 5.41) is 14.6. The summed E-state index contributed by atoms with van der Waals surface area (Å²) in [4.78, 5) is 17.5. The first kappa shape index (κ1) is 20.7. The molecule has 6 aromatic rings. The molecule has 0 N–H and O–H groups in total. The Morgan fingerprint density at radius 1 is 0.857 bits per heavy atom. The van der Waals surface area contributed by atoms with E-state index in [1.165, 1.54) is 0 Å². The molecule has 0 aliphatic carbocycles. The van der Waals surface area contributed by atoms with Crippen LogP contribution in [0.25, 0.3) is 39.1 Å². The first-order valence-electron chi connectivity index (χ1n) is 11.1. The van der Waals surface area contributed by atoms with Crippen molar-refractivity contribution in [3.8, 4) is 22.5 Å². The third kappa shape index (κ3) is 3.79. The van der Waals surface area contributed by atoms with Crippen LogP contribution in [0.5, 0.6) is 0 Å². The van der Waals surface area contributed by atoms with E-state index in [9.17, 15) is 4.79 Å². The third-order valence-electron chi connectivity index (χ3n) is 5.76. The Balaban J connectivity index is 1.59. The van der Waals surface area contributed by atoms with E-state index in [0.717, 1.165) is 22.2 Å². The Hall–Kier alpha value is -4.91. The standard InChI is InChI=1S/C28H19N5O2/c1-18-11-13-21(14-12-18)30-31-26-25(19-7-3-2-4-8-19)32-33-23(15-16-29-27(26)33)22-17-20-9-5-6-10-24(20)35-28(22)34/h2-17H,1H3. The number of fused-ring (bicyclic) bond motifs is 2. The zero-order valence-corrected chi connectivity index (χ0v) is 18.8. The quantitative estimate of drug-likeness (QED) is 0.213. The highest BCUT2D eigenvalue weighted by Gasteiger charge is 2.20. The van der Waals surface area contributed by atoms with Crippen molar-refractivity contribution >= 4 is 28.0 Å². The van der Waals surface area contributed by atoms with Gasteiger partial charge < -0.3 is 4.42 Å². The molecule has 3 aromatic carbocycles. The fraction of sp³-hybridized carbons (Fsp3) is 0.0357. The van der Waals surface area contributed by atoms with Crippen molar-refractivity contribution in [3.63, 3.8) is 0 Å². The lowest BCUT2D eigenvalue weighted by Crippen LogP contribution is -2.07. The summed E-state index contributed by atoms with van der Waals surface area (Å²) in [6.07, 6.45) is 1.64. The van der Waals surface area contributed by atoms with Crippen LogP contribution in [0.1, 0.15) is 5.56 Å². The van der Waals surface area contributed by atoms with Crippen LogP contribution in [0.15, 0.2) is 117 Å². The Labute approximate surface area is 200 Å². The Morgan fingerprint density at radius 2 is 1.63 bits per heavy atom. The molecule has 3 heterocycles. The van der Waals surface area contributed by atoms with Gasteiger partial charge in [-0.15, -0.1) is 5.11 Å². The Bertz CT molecular complexity index is 1770. The highest BCUT2D eigenvalue weighted by Crippen LogP contribution is 2.35. The van der Waals surface area contributed by atoms with Crippen LogP contribution in [0.3, 0.4) is 0 Å². The van der Waals surface area contributed by atoms with E-state index in [0.29, 0.717) is 33.9 Å². The summed E-state index contributed by atoms with van der Waals surface area (Å²) in [7, 11) is 0. The van der Waals surface area contributed by atoms with Gasteiger partial charge in [-0.1, -0.05) is 66.2 Å². The van der Waals surface area contributed by atoms with Crippen LogP contribution in [-0.2, 0) is 0 Å². The number of hydrogen-bond acceptors (Lipinski definition) is 6. The maximum Gasteiger partial charge on any atom is 0.345 e. The molecule has 0 amide bonds. The molecule has 168 valence electrons. The van der Waals surface area contributed by atoms with Crippen molar-refractivity contribution in [2.24, 2.45) is 10.2 Å². The molecule has 0 radical (unpaired) electrons. The highest BCUT2D eigenvalue weighted by atomic mass is 16.4. The Kier molecular flexibility index (Phi) is 5.00. The van der Waals surface area contributed by atoms with Gasteiger partial charge in [-0.2, -0.15) is 10.2 Å². The number of azo groups is 1. The summed E-state index contributed by atoms with van der Waals surface area (Å²) in [5.74, 6) is 0. The second-order valence-electron chi connectivity index (χ2n) is 8.15. The molecule has 0 aliphatic rings. The number of hydrogen-bond donors (Lipinski definition) is 0. The van der Waals surface area contributed by atoms with Crippen LogP contribution in [-0.4, -0.2) is 14.6 Å². The molecule has 0 unspecified atom stereocenters. The van der Waals surface area contributed by atoms with Crippen molar-refractivity contribution in [1.82, 2.24) is 14.6 Å². The first-order valence-corrected chi connectivity index (χ1v) is 11.1. The predicted molar refractivity (Wildman–Crippen MR) is 135 cm³/mol. The smallest absolute Gasteiger partial charge is 0.345 e. The van der Waals surface area contributed by atoms with Gasteiger partial charge in [-0.05, 0) is 37.3 Å². The first-order chi connectivity index (χ1) is 17.2. The molecule has 0 saturated heterocycles. The van der Waals surface area contributed by atoms with Crippen molar-refractivity contribution in [3.05, 3.63) is 113 Å². The summed E-state index contributed by atoms with van der Waals surface area (Å²) in [6, 6.07) is 28.5. The lowest BCUT2D eigenvalue weighted by atomic mass is 10.1. The van der Waals surface area contributed by atoms with Gasteiger partial charge in [0, 0.05) is 17.1 Å². The molecule has 3 aromatic heterocycles. The normalized spacial score (nSPS) is 11.6. The zero-order valence-electron chi connectivity index (χ0n) is 18.8. The van der Waals surface area contributed by atoms with Crippen LogP contribution in [0.4, 0.5) is 11.4 Å². The van der Waals surface area contributed by atoms with Crippen LogP contribution in [0, 0.1) is 6.92 Å². The third-order valence-corrected chi connectivity index (χ3v) is 5.76. The minimum Gasteiger partial charge on any atom is -0.422 e. The molecule has 7 nitrogen and oxygen atoms in total. The average molecular weight is 457 g/mol. The van der Waals surface area contributed by atoms with Crippen LogP contribution in [0.2, 0.25) is 0 Å². The lowest BCUT2D eigenvalue weighted by molar-refractivity contribution is 0.563. The van der Waals surface area contributed by atoms with E-state index in [1.807, 2.05) is 85.8 Å². The summed E-state index contributed by atoms with van der Waals surface area (Å²) >= 11 is 0. The van der Waals surface area contributed by atoms with Crippen molar-refractivity contribution in [1.29, 1.82) is 0 Å². The van der Waals surface area contributed by atoms with Gasteiger partial charge in [0.2, 0.25) is 0 Å². The minimum absolute atomic E-state index is 0.389. The van der Waals surface area contributed by atoms with Gasteiger partial charge in [0.05, 0.1) is 16.9 Å². The molecule has 0 bridgehead atoms. The Morgan fingerprint density at radius 3 is 2.46 bits per heavy atom. The minimum atomic E-state index is -0.448. The molecule has 0 spiro atoms. The molecular weight excluding hydrogens is 438 g/mol. The molecule has 35 heavy (non-hydrogen) atoms. The van der Waals surface area contributed by atoms with Crippen molar-refractivity contribution < 1.29 is 4.42 Å². The van der Waals surface area contributed by atoms with Crippen LogP contribution < -0.4 is 5.63 Å². The monoisotopic (exact) mass is 457 g/mol. The topological polar surface area (TPSA) is 85.1 Å². The van der Waals surface area contributed by atoms with E-state index in [4.69, 9.17) is 9.52 Å². The van der Waals surface area contributed by atoms with Gasteiger partial charge in [0.1, 0.15) is 11.3 Å². The van der Waals surface area contributed by atoms with Gasteiger partial charge in [-0.25, -0.2) is 14.3 Å². The molecular formula is C28H19N5O2. The van der Waals surface area contributed by atoms with E-state index >= 15 is 0 Å².